The SMILES string of the molecule is O=C(O)c1cc(SC2CCOC2)cs1. The number of thioether (sulfide) groups is 1. The van der Waals surface area contributed by atoms with Crippen LogP contribution in [0.5, 0.6) is 0 Å². The van der Waals surface area contributed by atoms with Crippen molar-refractivity contribution in [1.29, 1.82) is 0 Å². The van der Waals surface area contributed by atoms with Gasteiger partial charge in [0, 0.05) is 22.1 Å². The number of thiophene rings is 1. The van der Waals surface area contributed by atoms with Gasteiger partial charge in [-0.05, 0) is 12.5 Å². The molecule has 1 aromatic heterocycles. The second kappa shape index (κ2) is 4.33. The Morgan fingerprint density at radius 2 is 2.57 bits per heavy atom. The fourth-order valence-corrected chi connectivity index (χ4v) is 3.29. The van der Waals surface area contributed by atoms with E-state index >= 15 is 0 Å². The van der Waals surface area contributed by atoms with Crippen LogP contribution in [-0.4, -0.2) is 29.5 Å². The second-order valence-electron chi connectivity index (χ2n) is 3.06. The molecule has 1 N–H and O–H groups in total. The molecule has 1 atom stereocenters. The average molecular weight is 230 g/mol. The molecule has 0 bridgehead atoms. The summed E-state index contributed by atoms with van der Waals surface area (Å²) in [5.74, 6) is -0.843. The van der Waals surface area contributed by atoms with Gasteiger partial charge in [-0.2, -0.15) is 0 Å². The van der Waals surface area contributed by atoms with Crippen molar-refractivity contribution in [2.45, 2.75) is 16.6 Å². The largest absolute Gasteiger partial charge is 0.477 e. The predicted octanol–water partition coefficient (Wildman–Crippen LogP) is 2.33. The van der Waals surface area contributed by atoms with Gasteiger partial charge in [-0.15, -0.1) is 23.1 Å². The van der Waals surface area contributed by atoms with E-state index in [1.165, 1.54) is 11.3 Å². The molecule has 1 aromatic rings. The van der Waals surface area contributed by atoms with Crippen molar-refractivity contribution in [3.8, 4) is 0 Å². The Kier molecular flexibility index (Phi) is 3.10. The van der Waals surface area contributed by atoms with E-state index in [-0.39, 0.29) is 0 Å². The lowest BCUT2D eigenvalue weighted by Gasteiger charge is -2.03. The van der Waals surface area contributed by atoms with Crippen LogP contribution in [0, 0.1) is 0 Å². The monoisotopic (exact) mass is 230 g/mol. The molecule has 3 nitrogen and oxygen atoms in total. The van der Waals surface area contributed by atoms with E-state index in [0.29, 0.717) is 10.1 Å². The summed E-state index contributed by atoms with van der Waals surface area (Å²) in [6.45, 7) is 1.61. The molecular weight excluding hydrogens is 220 g/mol. The van der Waals surface area contributed by atoms with E-state index in [4.69, 9.17) is 9.84 Å². The lowest BCUT2D eigenvalue weighted by molar-refractivity contribution is 0.0702. The molecule has 76 valence electrons. The van der Waals surface area contributed by atoms with E-state index in [1.807, 2.05) is 5.38 Å². The van der Waals surface area contributed by atoms with Crippen LogP contribution in [0.4, 0.5) is 0 Å². The highest BCUT2D eigenvalue weighted by Gasteiger charge is 2.18. The van der Waals surface area contributed by atoms with Crippen molar-refractivity contribution in [2.24, 2.45) is 0 Å². The number of rotatable bonds is 3. The highest BCUT2D eigenvalue weighted by atomic mass is 32.2. The zero-order valence-electron chi connectivity index (χ0n) is 7.43. The molecule has 2 rings (SSSR count). The van der Waals surface area contributed by atoms with Gasteiger partial charge in [0.05, 0.1) is 6.61 Å². The van der Waals surface area contributed by atoms with Crippen LogP contribution >= 0.6 is 23.1 Å². The Morgan fingerprint density at radius 3 is 3.14 bits per heavy atom. The zero-order chi connectivity index (χ0) is 9.97. The third kappa shape index (κ3) is 2.29. The van der Waals surface area contributed by atoms with Crippen molar-refractivity contribution >= 4 is 29.1 Å². The first kappa shape index (κ1) is 10.0. The molecule has 1 fully saturated rings. The van der Waals surface area contributed by atoms with Gasteiger partial charge in [-0.1, -0.05) is 0 Å². The minimum Gasteiger partial charge on any atom is -0.477 e. The Balaban J connectivity index is 1.98. The van der Waals surface area contributed by atoms with E-state index in [9.17, 15) is 4.79 Å². The Morgan fingerprint density at radius 1 is 1.71 bits per heavy atom. The summed E-state index contributed by atoms with van der Waals surface area (Å²) < 4.78 is 5.25. The van der Waals surface area contributed by atoms with E-state index in [2.05, 4.69) is 0 Å². The van der Waals surface area contributed by atoms with Gasteiger partial charge in [0.1, 0.15) is 4.88 Å². The zero-order valence-corrected chi connectivity index (χ0v) is 9.07. The van der Waals surface area contributed by atoms with Crippen molar-refractivity contribution in [2.75, 3.05) is 13.2 Å². The summed E-state index contributed by atoms with van der Waals surface area (Å²) in [5.41, 5.74) is 0. The van der Waals surface area contributed by atoms with Crippen LogP contribution < -0.4 is 0 Å². The first-order chi connectivity index (χ1) is 6.75. The third-order valence-electron chi connectivity index (χ3n) is 1.98. The molecule has 0 aromatic carbocycles. The van der Waals surface area contributed by atoms with Gasteiger partial charge in [-0.3, -0.25) is 0 Å². The Bertz CT molecular complexity index is 329. The highest BCUT2D eigenvalue weighted by Crippen LogP contribution is 2.31. The maximum Gasteiger partial charge on any atom is 0.345 e. The molecule has 1 aliphatic heterocycles. The fraction of sp³-hybridized carbons (Fsp3) is 0.444. The van der Waals surface area contributed by atoms with Gasteiger partial charge >= 0.3 is 5.97 Å². The Hall–Kier alpha value is -0.520. The summed E-state index contributed by atoms with van der Waals surface area (Å²) >= 11 is 2.99. The lowest BCUT2D eigenvalue weighted by Crippen LogP contribution is -1.99. The molecular formula is C9H10O3S2. The number of aromatic carboxylic acids is 1. The van der Waals surface area contributed by atoms with Crippen molar-refractivity contribution in [3.05, 3.63) is 16.3 Å². The van der Waals surface area contributed by atoms with Crippen LogP contribution in [0.15, 0.2) is 16.3 Å². The number of carbonyl (C=O) groups is 1. The summed E-state index contributed by atoms with van der Waals surface area (Å²) in [6.07, 6.45) is 1.06. The van der Waals surface area contributed by atoms with Crippen LogP contribution in [0.3, 0.4) is 0 Å². The number of carboxylic acid groups (broad SMARTS) is 1. The maximum absolute atomic E-state index is 10.6. The van der Waals surface area contributed by atoms with Gasteiger partial charge in [-0.25, -0.2) is 4.79 Å². The highest BCUT2D eigenvalue weighted by molar-refractivity contribution is 8.00. The van der Waals surface area contributed by atoms with Gasteiger partial charge < -0.3 is 9.84 Å². The van der Waals surface area contributed by atoms with E-state index in [0.717, 1.165) is 24.5 Å². The van der Waals surface area contributed by atoms with Crippen molar-refractivity contribution in [3.63, 3.8) is 0 Å². The molecule has 0 spiro atoms. The molecule has 1 aliphatic rings. The van der Waals surface area contributed by atoms with Gasteiger partial charge in [0.25, 0.3) is 0 Å². The van der Waals surface area contributed by atoms with Crippen LogP contribution in [-0.2, 0) is 4.74 Å². The fourth-order valence-electron chi connectivity index (χ4n) is 1.29. The smallest absolute Gasteiger partial charge is 0.345 e. The molecule has 0 saturated carbocycles. The van der Waals surface area contributed by atoms with Crippen molar-refractivity contribution in [1.82, 2.24) is 0 Å². The van der Waals surface area contributed by atoms with Crippen LogP contribution in [0.25, 0.3) is 0 Å². The minimum atomic E-state index is -0.843. The van der Waals surface area contributed by atoms with E-state index < -0.39 is 5.97 Å². The Labute approximate surface area is 90.1 Å². The minimum absolute atomic E-state index is 0.409. The summed E-state index contributed by atoms with van der Waals surface area (Å²) in [6, 6.07) is 1.73. The van der Waals surface area contributed by atoms with Gasteiger partial charge in [0.15, 0.2) is 0 Å². The van der Waals surface area contributed by atoms with Crippen molar-refractivity contribution < 1.29 is 14.6 Å². The van der Waals surface area contributed by atoms with E-state index in [1.54, 1.807) is 17.8 Å². The molecule has 1 unspecified atom stereocenters. The molecule has 0 amide bonds. The molecule has 0 aliphatic carbocycles. The molecule has 1 saturated heterocycles. The number of carboxylic acids is 1. The molecule has 0 radical (unpaired) electrons. The number of hydrogen-bond acceptors (Lipinski definition) is 4. The normalized spacial score (nSPS) is 21.3. The third-order valence-corrected chi connectivity index (χ3v) is 4.26. The first-order valence-electron chi connectivity index (χ1n) is 4.32. The van der Waals surface area contributed by atoms with Crippen LogP contribution in [0.2, 0.25) is 0 Å². The lowest BCUT2D eigenvalue weighted by atomic mass is 10.4. The molecule has 5 heteroatoms. The molecule has 2 heterocycles. The average Bonchev–Trinajstić information content (AvgIpc) is 2.75. The summed E-state index contributed by atoms with van der Waals surface area (Å²) in [7, 11) is 0. The predicted molar refractivity (Wildman–Crippen MR) is 56.4 cm³/mol. The standard InChI is InChI=1S/C9H10O3S2/c10-9(11)8-3-7(5-13-8)14-6-1-2-12-4-6/h3,5-6H,1-2,4H2,(H,10,11). The maximum atomic E-state index is 10.6. The summed E-state index contributed by atoms with van der Waals surface area (Å²) in [4.78, 5) is 12.1. The number of hydrogen-bond donors (Lipinski definition) is 1. The quantitative estimate of drug-likeness (QED) is 0.865. The topological polar surface area (TPSA) is 46.5 Å². The van der Waals surface area contributed by atoms with Crippen LogP contribution in [0.1, 0.15) is 16.1 Å². The molecule has 14 heavy (non-hydrogen) atoms. The second-order valence-corrected chi connectivity index (χ2v) is 5.34. The first-order valence-corrected chi connectivity index (χ1v) is 6.08. The van der Waals surface area contributed by atoms with Gasteiger partial charge in [0.2, 0.25) is 0 Å². The summed E-state index contributed by atoms with van der Waals surface area (Å²) in [5, 5.41) is 11.1. The number of ether oxygens (including phenoxy) is 1.